The van der Waals surface area contributed by atoms with Crippen LogP contribution in [0.15, 0.2) is 53.8 Å². The number of benzene rings is 2. The minimum atomic E-state index is -0.0636. The SMILES string of the molecule is CCn1c(SCC(=O)Nc2c(C)cccc2C)nnc1-c1cn(C)nc1-c1ccc(C)cc1. The summed E-state index contributed by atoms with van der Waals surface area (Å²) >= 11 is 1.39. The van der Waals surface area contributed by atoms with E-state index in [2.05, 4.69) is 58.7 Å². The molecule has 0 aliphatic heterocycles. The molecule has 0 fully saturated rings. The average molecular weight is 461 g/mol. The molecule has 0 radical (unpaired) electrons. The molecular weight excluding hydrogens is 432 g/mol. The van der Waals surface area contributed by atoms with Crippen molar-refractivity contribution >= 4 is 23.4 Å². The maximum atomic E-state index is 12.6. The van der Waals surface area contributed by atoms with Crippen LogP contribution in [-0.4, -0.2) is 36.2 Å². The van der Waals surface area contributed by atoms with Gasteiger partial charge in [-0.1, -0.05) is 59.8 Å². The fraction of sp³-hybridized carbons (Fsp3) is 0.280. The summed E-state index contributed by atoms with van der Waals surface area (Å²) in [5.41, 5.74) is 6.99. The van der Waals surface area contributed by atoms with Crippen LogP contribution in [0.25, 0.3) is 22.6 Å². The van der Waals surface area contributed by atoms with E-state index in [-0.39, 0.29) is 11.7 Å². The molecule has 0 bridgehead atoms. The number of rotatable bonds is 7. The number of thioether (sulfide) groups is 1. The molecule has 4 aromatic rings. The average Bonchev–Trinajstić information content (AvgIpc) is 3.38. The van der Waals surface area contributed by atoms with E-state index in [1.54, 1.807) is 4.68 Å². The molecule has 0 aliphatic rings. The normalized spacial score (nSPS) is 11.1. The predicted molar refractivity (Wildman–Crippen MR) is 133 cm³/mol. The highest BCUT2D eigenvalue weighted by molar-refractivity contribution is 7.99. The second kappa shape index (κ2) is 9.62. The van der Waals surface area contributed by atoms with Crippen molar-refractivity contribution in [3.05, 3.63) is 65.4 Å². The Bertz CT molecular complexity index is 1270. The van der Waals surface area contributed by atoms with Crippen molar-refractivity contribution < 1.29 is 4.79 Å². The number of carbonyl (C=O) groups is 1. The zero-order valence-electron chi connectivity index (χ0n) is 19.6. The highest BCUT2D eigenvalue weighted by Gasteiger charge is 2.20. The van der Waals surface area contributed by atoms with Gasteiger partial charge in [-0.25, -0.2) is 0 Å². The zero-order chi connectivity index (χ0) is 23.5. The van der Waals surface area contributed by atoms with E-state index in [1.165, 1.54) is 17.3 Å². The third kappa shape index (κ3) is 4.85. The number of nitrogens with zero attached hydrogens (tertiary/aromatic N) is 5. The Morgan fingerprint density at radius 1 is 1.03 bits per heavy atom. The fourth-order valence-electron chi connectivity index (χ4n) is 3.77. The van der Waals surface area contributed by atoms with Gasteiger partial charge in [-0.2, -0.15) is 5.10 Å². The number of nitrogens with one attached hydrogen (secondary N) is 1. The van der Waals surface area contributed by atoms with E-state index in [0.717, 1.165) is 39.5 Å². The topological polar surface area (TPSA) is 77.6 Å². The molecule has 1 N–H and O–H groups in total. The third-order valence-electron chi connectivity index (χ3n) is 5.51. The molecule has 0 unspecified atom stereocenters. The predicted octanol–water partition coefficient (Wildman–Crippen LogP) is 5.02. The number of hydrogen-bond acceptors (Lipinski definition) is 5. The minimum Gasteiger partial charge on any atom is -0.325 e. The van der Waals surface area contributed by atoms with E-state index in [4.69, 9.17) is 0 Å². The van der Waals surface area contributed by atoms with E-state index >= 15 is 0 Å². The number of hydrogen-bond donors (Lipinski definition) is 1. The summed E-state index contributed by atoms with van der Waals surface area (Å²) in [7, 11) is 1.90. The lowest BCUT2D eigenvalue weighted by Gasteiger charge is -2.11. The Kier molecular flexibility index (Phi) is 6.65. The van der Waals surface area contributed by atoms with Crippen LogP contribution in [-0.2, 0) is 18.4 Å². The summed E-state index contributed by atoms with van der Waals surface area (Å²) in [5.74, 6) is 0.939. The van der Waals surface area contributed by atoms with Crippen molar-refractivity contribution in [2.24, 2.45) is 7.05 Å². The first kappa shape index (κ1) is 22.8. The summed E-state index contributed by atoms with van der Waals surface area (Å²) in [6.45, 7) is 8.79. The third-order valence-corrected chi connectivity index (χ3v) is 6.47. The number of anilines is 1. The lowest BCUT2D eigenvalue weighted by molar-refractivity contribution is -0.113. The van der Waals surface area contributed by atoms with Crippen LogP contribution in [0.4, 0.5) is 5.69 Å². The molecule has 2 aromatic heterocycles. The Balaban J connectivity index is 1.56. The fourth-order valence-corrected chi connectivity index (χ4v) is 4.58. The van der Waals surface area contributed by atoms with Gasteiger partial charge in [-0.15, -0.1) is 10.2 Å². The number of para-hydroxylation sites is 1. The summed E-state index contributed by atoms with van der Waals surface area (Å²) in [6, 6.07) is 14.3. The summed E-state index contributed by atoms with van der Waals surface area (Å²) in [6.07, 6.45) is 1.97. The number of amides is 1. The molecule has 0 spiro atoms. The van der Waals surface area contributed by atoms with Gasteiger partial charge in [0.15, 0.2) is 11.0 Å². The highest BCUT2D eigenvalue weighted by Crippen LogP contribution is 2.32. The summed E-state index contributed by atoms with van der Waals surface area (Å²) in [4.78, 5) is 12.6. The van der Waals surface area contributed by atoms with E-state index in [0.29, 0.717) is 11.7 Å². The van der Waals surface area contributed by atoms with Crippen LogP contribution in [0.2, 0.25) is 0 Å². The van der Waals surface area contributed by atoms with Gasteiger partial charge in [0.2, 0.25) is 5.91 Å². The molecule has 170 valence electrons. The largest absolute Gasteiger partial charge is 0.325 e. The van der Waals surface area contributed by atoms with Crippen LogP contribution < -0.4 is 5.32 Å². The van der Waals surface area contributed by atoms with Gasteiger partial charge in [-0.05, 0) is 38.8 Å². The molecule has 4 rings (SSSR count). The number of aromatic nitrogens is 5. The lowest BCUT2D eigenvalue weighted by atomic mass is 10.1. The van der Waals surface area contributed by atoms with Gasteiger partial charge in [0.1, 0.15) is 5.69 Å². The summed E-state index contributed by atoms with van der Waals surface area (Å²) in [5, 5.41) is 17.3. The van der Waals surface area contributed by atoms with Gasteiger partial charge in [0, 0.05) is 31.0 Å². The Labute approximate surface area is 198 Å². The Hall–Kier alpha value is -3.39. The molecule has 0 aliphatic carbocycles. The first-order chi connectivity index (χ1) is 15.9. The van der Waals surface area contributed by atoms with Gasteiger partial charge in [-0.3, -0.25) is 9.48 Å². The van der Waals surface area contributed by atoms with E-state index < -0.39 is 0 Å². The molecule has 2 heterocycles. The molecule has 0 saturated carbocycles. The van der Waals surface area contributed by atoms with Crippen molar-refractivity contribution in [2.45, 2.75) is 39.4 Å². The monoisotopic (exact) mass is 460 g/mol. The van der Waals surface area contributed by atoms with Crippen LogP contribution in [0.1, 0.15) is 23.6 Å². The zero-order valence-corrected chi connectivity index (χ0v) is 20.4. The summed E-state index contributed by atoms with van der Waals surface area (Å²) < 4.78 is 3.83. The van der Waals surface area contributed by atoms with Crippen LogP contribution in [0, 0.1) is 20.8 Å². The van der Waals surface area contributed by atoms with Gasteiger partial charge >= 0.3 is 0 Å². The van der Waals surface area contributed by atoms with Crippen molar-refractivity contribution in [1.29, 1.82) is 0 Å². The molecule has 0 saturated heterocycles. The van der Waals surface area contributed by atoms with E-state index in [1.807, 2.05) is 49.9 Å². The first-order valence-electron chi connectivity index (χ1n) is 10.9. The number of carbonyl (C=O) groups excluding carboxylic acids is 1. The molecule has 2 aromatic carbocycles. The minimum absolute atomic E-state index is 0.0636. The smallest absolute Gasteiger partial charge is 0.234 e. The first-order valence-corrected chi connectivity index (χ1v) is 11.9. The molecule has 0 atom stereocenters. The maximum absolute atomic E-state index is 12.6. The molecular formula is C25H28N6OS. The molecule has 8 heteroatoms. The van der Waals surface area contributed by atoms with Crippen LogP contribution >= 0.6 is 11.8 Å². The Morgan fingerprint density at radius 3 is 2.39 bits per heavy atom. The van der Waals surface area contributed by atoms with Gasteiger partial charge in [0.05, 0.1) is 11.3 Å². The van der Waals surface area contributed by atoms with Crippen molar-refractivity contribution in [3.63, 3.8) is 0 Å². The van der Waals surface area contributed by atoms with E-state index in [9.17, 15) is 4.79 Å². The van der Waals surface area contributed by atoms with Crippen molar-refractivity contribution in [3.8, 4) is 22.6 Å². The van der Waals surface area contributed by atoms with Crippen LogP contribution in [0.3, 0.4) is 0 Å². The second-order valence-corrected chi connectivity index (χ2v) is 9.03. The van der Waals surface area contributed by atoms with Crippen LogP contribution in [0.5, 0.6) is 0 Å². The molecule has 7 nitrogen and oxygen atoms in total. The van der Waals surface area contributed by atoms with Crippen molar-refractivity contribution in [2.75, 3.05) is 11.1 Å². The molecule has 1 amide bonds. The lowest BCUT2D eigenvalue weighted by Crippen LogP contribution is -2.16. The second-order valence-electron chi connectivity index (χ2n) is 8.09. The Morgan fingerprint density at radius 2 is 1.73 bits per heavy atom. The van der Waals surface area contributed by atoms with Gasteiger partial charge < -0.3 is 9.88 Å². The van der Waals surface area contributed by atoms with Gasteiger partial charge in [0.25, 0.3) is 0 Å². The molecule has 33 heavy (non-hydrogen) atoms. The highest BCUT2D eigenvalue weighted by atomic mass is 32.2. The standard InChI is InChI=1S/C25H28N6OS/c1-6-31-24(20-14-30(5)29-23(20)19-12-10-16(2)11-13-19)27-28-25(31)33-15-21(32)26-22-17(3)8-7-9-18(22)4/h7-14H,6,15H2,1-5H3,(H,26,32). The maximum Gasteiger partial charge on any atom is 0.234 e. The number of aryl methyl sites for hydroxylation is 4. The van der Waals surface area contributed by atoms with Crippen molar-refractivity contribution in [1.82, 2.24) is 24.5 Å². The quantitative estimate of drug-likeness (QED) is 0.392.